The van der Waals surface area contributed by atoms with Gasteiger partial charge in [0.15, 0.2) is 0 Å². The number of carbonyl (C=O) groups excluding carboxylic acids is 1. The fourth-order valence-corrected chi connectivity index (χ4v) is 2.79. The lowest BCUT2D eigenvalue weighted by molar-refractivity contribution is 0.0530. The third-order valence-electron chi connectivity index (χ3n) is 2.56. The molecule has 7 heteroatoms. The van der Waals surface area contributed by atoms with E-state index in [0.717, 1.165) is 5.69 Å². The molecule has 0 atom stereocenters. The van der Waals surface area contributed by atoms with Crippen LogP contribution in [0.3, 0.4) is 0 Å². The summed E-state index contributed by atoms with van der Waals surface area (Å²) in [5.74, 6) is 0.244. The second-order valence-corrected chi connectivity index (χ2v) is 5.30. The summed E-state index contributed by atoms with van der Waals surface area (Å²) in [7, 11) is 0. The average molecular weight is 280 g/mol. The van der Waals surface area contributed by atoms with Crippen LogP contribution in [0, 0.1) is 0 Å². The molecule has 19 heavy (non-hydrogen) atoms. The van der Waals surface area contributed by atoms with Crippen LogP contribution in [-0.2, 0) is 4.74 Å². The molecule has 2 aromatic heterocycles. The summed E-state index contributed by atoms with van der Waals surface area (Å²) in [6.07, 6.45) is 1.60. The Labute approximate surface area is 115 Å². The molecular formula is C12H16N4O2S. The number of nitrogens with two attached hydrogens (primary N) is 1. The number of nitrogens with one attached hydrogen (secondary N) is 1. The third-order valence-corrected chi connectivity index (χ3v) is 3.64. The smallest absolute Gasteiger partial charge is 0.350 e. The van der Waals surface area contributed by atoms with Gasteiger partial charge < -0.3 is 10.5 Å². The Morgan fingerprint density at radius 2 is 2.32 bits per heavy atom. The standard InChI is InChI=1S/C12H16N4O2S/c1-4-18-12(17)9-8(6(2)3)15-11(19-9)7-5-14-16-10(7)13/h5-6H,4H2,1-3H3,(H3,13,14,16). The molecule has 2 rings (SSSR count). The summed E-state index contributed by atoms with van der Waals surface area (Å²) in [6, 6.07) is 0. The number of rotatable bonds is 4. The highest BCUT2D eigenvalue weighted by Crippen LogP contribution is 2.34. The molecule has 0 aliphatic carbocycles. The number of hydrogen-bond donors (Lipinski definition) is 2. The van der Waals surface area contributed by atoms with E-state index in [1.165, 1.54) is 11.3 Å². The predicted molar refractivity (Wildman–Crippen MR) is 74.2 cm³/mol. The van der Waals surface area contributed by atoms with E-state index < -0.39 is 0 Å². The molecule has 0 bridgehead atoms. The van der Waals surface area contributed by atoms with Crippen molar-refractivity contribution in [2.24, 2.45) is 0 Å². The summed E-state index contributed by atoms with van der Waals surface area (Å²) in [5, 5.41) is 7.20. The van der Waals surface area contributed by atoms with Gasteiger partial charge in [-0.05, 0) is 12.8 Å². The number of H-pyrrole nitrogens is 1. The van der Waals surface area contributed by atoms with Crippen LogP contribution < -0.4 is 5.73 Å². The molecule has 0 unspecified atom stereocenters. The van der Waals surface area contributed by atoms with Crippen molar-refractivity contribution in [2.45, 2.75) is 26.7 Å². The van der Waals surface area contributed by atoms with E-state index in [9.17, 15) is 4.79 Å². The minimum Gasteiger partial charge on any atom is -0.462 e. The summed E-state index contributed by atoms with van der Waals surface area (Å²) < 4.78 is 5.06. The first-order valence-corrected chi connectivity index (χ1v) is 6.83. The van der Waals surface area contributed by atoms with Gasteiger partial charge in [-0.25, -0.2) is 9.78 Å². The maximum Gasteiger partial charge on any atom is 0.350 e. The Bertz CT molecular complexity index is 588. The van der Waals surface area contributed by atoms with Gasteiger partial charge in [0.25, 0.3) is 0 Å². The lowest BCUT2D eigenvalue weighted by Gasteiger charge is -2.04. The summed E-state index contributed by atoms with van der Waals surface area (Å²) in [5.41, 5.74) is 7.22. The third kappa shape index (κ3) is 2.60. The first-order valence-electron chi connectivity index (χ1n) is 6.01. The molecule has 3 N–H and O–H groups in total. The number of thiazole rings is 1. The van der Waals surface area contributed by atoms with Crippen molar-refractivity contribution in [2.75, 3.05) is 12.3 Å². The van der Waals surface area contributed by atoms with Crippen molar-refractivity contribution < 1.29 is 9.53 Å². The molecule has 6 nitrogen and oxygen atoms in total. The second kappa shape index (κ2) is 5.40. The topological polar surface area (TPSA) is 93.9 Å². The van der Waals surface area contributed by atoms with Crippen LogP contribution in [0.5, 0.6) is 0 Å². The van der Waals surface area contributed by atoms with Crippen LogP contribution in [0.4, 0.5) is 5.82 Å². The van der Waals surface area contributed by atoms with Gasteiger partial charge >= 0.3 is 5.97 Å². The van der Waals surface area contributed by atoms with E-state index in [1.54, 1.807) is 13.1 Å². The number of nitrogen functional groups attached to an aromatic ring is 1. The molecule has 0 aliphatic rings. The fourth-order valence-electron chi connectivity index (χ4n) is 1.65. The molecule has 2 heterocycles. The van der Waals surface area contributed by atoms with Gasteiger partial charge in [0.05, 0.1) is 24.1 Å². The number of carbonyl (C=O) groups is 1. The number of anilines is 1. The molecule has 0 fully saturated rings. The zero-order valence-corrected chi connectivity index (χ0v) is 11.9. The van der Waals surface area contributed by atoms with Crippen molar-refractivity contribution in [1.82, 2.24) is 15.2 Å². The van der Waals surface area contributed by atoms with Crippen LogP contribution >= 0.6 is 11.3 Å². The van der Waals surface area contributed by atoms with Crippen LogP contribution in [-0.4, -0.2) is 27.8 Å². The number of nitrogens with zero attached hydrogens (tertiary/aromatic N) is 2. The van der Waals surface area contributed by atoms with Crippen molar-refractivity contribution in [3.05, 3.63) is 16.8 Å². The van der Waals surface area contributed by atoms with Crippen molar-refractivity contribution in [3.63, 3.8) is 0 Å². The number of ether oxygens (including phenoxy) is 1. The quantitative estimate of drug-likeness (QED) is 0.839. The maximum absolute atomic E-state index is 11.9. The van der Waals surface area contributed by atoms with E-state index in [0.29, 0.717) is 27.9 Å². The van der Waals surface area contributed by atoms with Crippen molar-refractivity contribution >= 4 is 23.1 Å². The maximum atomic E-state index is 11.9. The molecule has 0 aromatic carbocycles. The lowest BCUT2D eigenvalue weighted by atomic mass is 10.1. The lowest BCUT2D eigenvalue weighted by Crippen LogP contribution is -2.06. The van der Waals surface area contributed by atoms with Crippen LogP contribution in [0.25, 0.3) is 10.6 Å². The van der Waals surface area contributed by atoms with Crippen LogP contribution in [0.1, 0.15) is 42.1 Å². The van der Waals surface area contributed by atoms with Crippen molar-refractivity contribution in [3.8, 4) is 10.6 Å². The number of aromatic nitrogens is 3. The number of hydrogen-bond acceptors (Lipinski definition) is 6. The van der Waals surface area contributed by atoms with Crippen LogP contribution in [0.15, 0.2) is 6.20 Å². The van der Waals surface area contributed by atoms with Gasteiger partial charge in [-0.2, -0.15) is 5.10 Å². The van der Waals surface area contributed by atoms with E-state index in [1.807, 2.05) is 13.8 Å². The highest BCUT2D eigenvalue weighted by Gasteiger charge is 2.23. The highest BCUT2D eigenvalue weighted by atomic mass is 32.1. The number of aromatic amines is 1. The summed E-state index contributed by atoms with van der Waals surface area (Å²) >= 11 is 1.28. The van der Waals surface area contributed by atoms with E-state index in [2.05, 4.69) is 15.2 Å². The SMILES string of the molecule is CCOC(=O)c1sc(-c2cn[nH]c2N)nc1C(C)C. The molecule has 0 amide bonds. The van der Waals surface area contributed by atoms with Gasteiger partial charge in [0, 0.05) is 0 Å². The van der Waals surface area contributed by atoms with Gasteiger partial charge in [0.2, 0.25) is 0 Å². The Balaban J connectivity index is 2.46. The molecular weight excluding hydrogens is 264 g/mol. The van der Waals surface area contributed by atoms with E-state index in [4.69, 9.17) is 10.5 Å². The van der Waals surface area contributed by atoms with Gasteiger partial charge in [0.1, 0.15) is 15.7 Å². The number of esters is 1. The molecule has 0 spiro atoms. The Morgan fingerprint density at radius 1 is 1.58 bits per heavy atom. The summed E-state index contributed by atoms with van der Waals surface area (Å²) in [4.78, 5) is 17.0. The fraction of sp³-hybridized carbons (Fsp3) is 0.417. The Kier molecular flexibility index (Phi) is 3.84. The minimum atomic E-state index is -0.336. The Morgan fingerprint density at radius 3 is 2.84 bits per heavy atom. The first kappa shape index (κ1) is 13.5. The molecule has 0 saturated heterocycles. The van der Waals surface area contributed by atoms with Gasteiger partial charge in [-0.15, -0.1) is 11.3 Å². The highest BCUT2D eigenvalue weighted by molar-refractivity contribution is 7.17. The molecule has 0 aliphatic heterocycles. The predicted octanol–water partition coefficient (Wildman–Crippen LogP) is 2.42. The van der Waals surface area contributed by atoms with E-state index >= 15 is 0 Å². The van der Waals surface area contributed by atoms with Gasteiger partial charge in [-0.3, -0.25) is 5.10 Å². The normalized spacial score (nSPS) is 10.9. The zero-order valence-electron chi connectivity index (χ0n) is 11.1. The second-order valence-electron chi connectivity index (χ2n) is 4.31. The molecule has 102 valence electrons. The molecule has 0 radical (unpaired) electrons. The van der Waals surface area contributed by atoms with E-state index in [-0.39, 0.29) is 11.9 Å². The largest absolute Gasteiger partial charge is 0.462 e. The van der Waals surface area contributed by atoms with Gasteiger partial charge in [-0.1, -0.05) is 13.8 Å². The first-order chi connectivity index (χ1) is 9.04. The van der Waals surface area contributed by atoms with Crippen LogP contribution in [0.2, 0.25) is 0 Å². The monoisotopic (exact) mass is 280 g/mol. The Hall–Kier alpha value is -1.89. The zero-order chi connectivity index (χ0) is 14.0. The summed E-state index contributed by atoms with van der Waals surface area (Å²) in [6.45, 7) is 6.10. The molecule has 2 aromatic rings. The average Bonchev–Trinajstić information content (AvgIpc) is 2.94. The van der Waals surface area contributed by atoms with Crippen molar-refractivity contribution in [1.29, 1.82) is 0 Å². The molecule has 0 saturated carbocycles. The minimum absolute atomic E-state index is 0.137.